The van der Waals surface area contributed by atoms with Crippen molar-refractivity contribution < 1.29 is 23.7 Å². The van der Waals surface area contributed by atoms with E-state index in [1.54, 1.807) is 20.3 Å². The Kier molecular flexibility index (Phi) is 5.28. The van der Waals surface area contributed by atoms with E-state index in [0.29, 0.717) is 18.0 Å². The first-order chi connectivity index (χ1) is 12.2. The first-order valence-corrected chi connectivity index (χ1v) is 8.06. The van der Waals surface area contributed by atoms with Crippen LogP contribution in [0.3, 0.4) is 0 Å². The molecule has 2 aromatic rings. The second-order valence-electron chi connectivity index (χ2n) is 5.62. The van der Waals surface area contributed by atoms with Crippen LogP contribution in [0.1, 0.15) is 11.1 Å². The number of carbonyl (C=O) groups is 1. The van der Waals surface area contributed by atoms with Gasteiger partial charge in [-0.25, -0.2) is 0 Å². The number of rotatable bonds is 7. The largest absolute Gasteiger partial charge is 0.493 e. The van der Waals surface area contributed by atoms with Gasteiger partial charge < -0.3 is 24.3 Å². The lowest BCUT2D eigenvalue weighted by Crippen LogP contribution is -2.27. The van der Waals surface area contributed by atoms with Crippen LogP contribution in [-0.4, -0.2) is 33.5 Å². The molecule has 3 rings (SSSR count). The first kappa shape index (κ1) is 17.0. The Hall–Kier alpha value is -2.89. The van der Waals surface area contributed by atoms with Gasteiger partial charge in [0.1, 0.15) is 0 Å². The van der Waals surface area contributed by atoms with Crippen LogP contribution in [-0.2, 0) is 17.6 Å². The fourth-order valence-electron chi connectivity index (χ4n) is 2.77. The van der Waals surface area contributed by atoms with E-state index in [-0.39, 0.29) is 19.1 Å². The Morgan fingerprint density at radius 1 is 1.12 bits per heavy atom. The Morgan fingerprint density at radius 3 is 2.76 bits per heavy atom. The summed E-state index contributed by atoms with van der Waals surface area (Å²) in [7, 11) is 3.14. The zero-order valence-corrected chi connectivity index (χ0v) is 14.3. The molecule has 0 bridgehead atoms. The van der Waals surface area contributed by atoms with Crippen molar-refractivity contribution in [1.29, 1.82) is 0 Å². The summed E-state index contributed by atoms with van der Waals surface area (Å²) < 4.78 is 21.3. The summed E-state index contributed by atoms with van der Waals surface area (Å²) in [5.74, 6) is 2.67. The monoisotopic (exact) mass is 343 g/mol. The molecule has 0 atom stereocenters. The number of benzene rings is 2. The number of nitrogens with one attached hydrogen (secondary N) is 1. The summed E-state index contributed by atoms with van der Waals surface area (Å²) in [4.78, 5) is 12.2. The normalized spacial score (nSPS) is 11.9. The Morgan fingerprint density at radius 2 is 1.96 bits per heavy atom. The second kappa shape index (κ2) is 7.79. The van der Waals surface area contributed by atoms with Crippen molar-refractivity contribution in [2.45, 2.75) is 12.8 Å². The van der Waals surface area contributed by atoms with Gasteiger partial charge in [-0.15, -0.1) is 0 Å². The summed E-state index contributed by atoms with van der Waals surface area (Å²) in [6, 6.07) is 11.3. The summed E-state index contributed by atoms with van der Waals surface area (Å²) >= 11 is 0. The Labute approximate surface area is 146 Å². The molecule has 0 aromatic heterocycles. The first-order valence-electron chi connectivity index (χ1n) is 8.06. The highest BCUT2D eigenvalue weighted by atomic mass is 16.7. The molecular formula is C19H21NO5. The molecule has 0 saturated heterocycles. The number of methoxy groups -OCH3 is 2. The third kappa shape index (κ3) is 3.96. The van der Waals surface area contributed by atoms with Gasteiger partial charge in [-0.3, -0.25) is 4.79 Å². The molecule has 0 spiro atoms. The summed E-state index contributed by atoms with van der Waals surface area (Å²) in [5, 5.41) is 2.93. The molecule has 1 aliphatic heterocycles. The van der Waals surface area contributed by atoms with Crippen LogP contribution < -0.4 is 24.3 Å². The molecule has 6 heteroatoms. The maximum absolute atomic E-state index is 12.2. The van der Waals surface area contributed by atoms with Crippen LogP contribution in [0.25, 0.3) is 0 Å². The highest BCUT2D eigenvalue weighted by molar-refractivity contribution is 5.79. The molecule has 0 saturated carbocycles. The van der Waals surface area contributed by atoms with Gasteiger partial charge in [0.15, 0.2) is 23.0 Å². The maximum atomic E-state index is 12.2. The Balaban J connectivity index is 1.53. The zero-order valence-electron chi connectivity index (χ0n) is 14.3. The highest BCUT2D eigenvalue weighted by Crippen LogP contribution is 2.32. The van der Waals surface area contributed by atoms with E-state index < -0.39 is 0 Å². The number of hydrogen-bond acceptors (Lipinski definition) is 5. The van der Waals surface area contributed by atoms with E-state index in [9.17, 15) is 4.79 Å². The summed E-state index contributed by atoms with van der Waals surface area (Å²) in [6.45, 7) is 0.808. The molecule has 1 amide bonds. The van der Waals surface area contributed by atoms with Crippen molar-refractivity contribution in [1.82, 2.24) is 5.32 Å². The smallest absolute Gasteiger partial charge is 0.231 e. The van der Waals surface area contributed by atoms with E-state index in [4.69, 9.17) is 18.9 Å². The van der Waals surface area contributed by atoms with E-state index in [2.05, 4.69) is 5.32 Å². The molecule has 0 fully saturated rings. The predicted octanol–water partition coefficient (Wildman–Crippen LogP) is 2.33. The van der Waals surface area contributed by atoms with Gasteiger partial charge in [-0.05, 0) is 30.2 Å². The molecule has 0 aliphatic carbocycles. The average molecular weight is 343 g/mol. The van der Waals surface area contributed by atoms with Crippen LogP contribution >= 0.6 is 0 Å². The molecule has 25 heavy (non-hydrogen) atoms. The van der Waals surface area contributed by atoms with Gasteiger partial charge in [0.25, 0.3) is 0 Å². The van der Waals surface area contributed by atoms with Crippen molar-refractivity contribution in [2.24, 2.45) is 0 Å². The van der Waals surface area contributed by atoms with Crippen LogP contribution in [0.4, 0.5) is 0 Å². The topological polar surface area (TPSA) is 66.0 Å². The van der Waals surface area contributed by atoms with Crippen LogP contribution in [0, 0.1) is 0 Å². The quantitative estimate of drug-likeness (QED) is 0.836. The third-order valence-corrected chi connectivity index (χ3v) is 4.01. The van der Waals surface area contributed by atoms with Crippen molar-refractivity contribution in [3.8, 4) is 23.0 Å². The van der Waals surface area contributed by atoms with Gasteiger partial charge in [-0.2, -0.15) is 0 Å². The van der Waals surface area contributed by atoms with E-state index in [1.807, 2.05) is 30.3 Å². The van der Waals surface area contributed by atoms with Gasteiger partial charge in [0, 0.05) is 12.1 Å². The van der Waals surface area contributed by atoms with Gasteiger partial charge in [0.2, 0.25) is 12.7 Å². The number of ether oxygens (including phenoxy) is 4. The lowest BCUT2D eigenvalue weighted by atomic mass is 10.1. The number of fused-ring (bicyclic) bond motifs is 1. The standard InChI is InChI=1S/C19H21NO5/c1-22-16-5-3-4-14(19(16)23-2)11-18(21)20-9-8-13-6-7-15-17(10-13)25-12-24-15/h3-7,10H,8-9,11-12H2,1-2H3,(H,20,21). The van der Waals surface area contributed by atoms with Gasteiger partial charge >= 0.3 is 0 Å². The van der Waals surface area contributed by atoms with Crippen molar-refractivity contribution in [3.63, 3.8) is 0 Å². The maximum Gasteiger partial charge on any atom is 0.231 e. The third-order valence-electron chi connectivity index (χ3n) is 4.01. The molecule has 0 radical (unpaired) electrons. The summed E-state index contributed by atoms with van der Waals surface area (Å²) in [5.41, 5.74) is 1.88. The zero-order chi connectivity index (χ0) is 17.6. The van der Waals surface area contributed by atoms with Gasteiger partial charge in [0.05, 0.1) is 20.6 Å². The van der Waals surface area contributed by atoms with E-state index in [1.165, 1.54) is 0 Å². The van der Waals surface area contributed by atoms with E-state index in [0.717, 1.165) is 29.0 Å². The van der Waals surface area contributed by atoms with Crippen LogP contribution in [0.2, 0.25) is 0 Å². The minimum atomic E-state index is -0.0627. The van der Waals surface area contributed by atoms with E-state index >= 15 is 0 Å². The fraction of sp³-hybridized carbons (Fsp3) is 0.316. The minimum absolute atomic E-state index is 0.0627. The van der Waals surface area contributed by atoms with Crippen molar-refractivity contribution in [3.05, 3.63) is 47.5 Å². The molecule has 132 valence electrons. The second-order valence-corrected chi connectivity index (χ2v) is 5.62. The molecular weight excluding hydrogens is 322 g/mol. The van der Waals surface area contributed by atoms with Gasteiger partial charge in [-0.1, -0.05) is 18.2 Å². The van der Waals surface area contributed by atoms with Crippen molar-refractivity contribution in [2.75, 3.05) is 27.6 Å². The summed E-state index contributed by atoms with van der Waals surface area (Å²) in [6.07, 6.45) is 0.957. The fourth-order valence-corrected chi connectivity index (χ4v) is 2.77. The molecule has 0 unspecified atom stereocenters. The van der Waals surface area contributed by atoms with Crippen LogP contribution in [0.15, 0.2) is 36.4 Å². The highest BCUT2D eigenvalue weighted by Gasteiger charge is 2.14. The number of hydrogen-bond donors (Lipinski definition) is 1. The lowest BCUT2D eigenvalue weighted by molar-refractivity contribution is -0.120. The number of carbonyl (C=O) groups excluding carboxylic acids is 1. The molecule has 1 N–H and O–H groups in total. The Bertz CT molecular complexity index is 759. The minimum Gasteiger partial charge on any atom is -0.493 e. The molecule has 2 aromatic carbocycles. The SMILES string of the molecule is COc1cccc(CC(=O)NCCc2ccc3c(c2)OCO3)c1OC. The van der Waals surface area contributed by atoms with Crippen molar-refractivity contribution >= 4 is 5.91 Å². The van der Waals surface area contributed by atoms with Crippen LogP contribution in [0.5, 0.6) is 23.0 Å². The molecule has 1 heterocycles. The average Bonchev–Trinajstić information content (AvgIpc) is 3.09. The molecule has 6 nitrogen and oxygen atoms in total. The number of para-hydroxylation sites is 1. The lowest BCUT2D eigenvalue weighted by Gasteiger charge is -2.12. The number of amides is 1. The molecule has 1 aliphatic rings. The predicted molar refractivity (Wildman–Crippen MR) is 92.5 cm³/mol.